The van der Waals surface area contributed by atoms with E-state index in [0.717, 1.165) is 10.9 Å². The van der Waals surface area contributed by atoms with Gasteiger partial charge < -0.3 is 9.40 Å². The molecule has 1 aromatic carbocycles. The van der Waals surface area contributed by atoms with Crippen LogP contribution in [0.3, 0.4) is 0 Å². The molecule has 0 aliphatic heterocycles. The summed E-state index contributed by atoms with van der Waals surface area (Å²) in [6, 6.07) is 7.50. The van der Waals surface area contributed by atoms with Crippen molar-refractivity contribution in [3.8, 4) is 0 Å². The number of hydrogen-bond donors (Lipinski definition) is 1. The minimum Gasteiger partial charge on any atom is -0.438 e. The molecule has 0 saturated heterocycles. The van der Waals surface area contributed by atoms with E-state index in [1.54, 1.807) is 0 Å². The Bertz CT molecular complexity index is 666. The second kappa shape index (κ2) is 2.45. The number of para-hydroxylation sites is 1. The molecule has 2 aromatic heterocycles. The number of rotatable bonds is 0. The Morgan fingerprint density at radius 1 is 1.29 bits per heavy atom. The summed E-state index contributed by atoms with van der Waals surface area (Å²) in [5.41, 5.74) is 1.43. The van der Waals surface area contributed by atoms with Gasteiger partial charge in [0.05, 0.1) is 5.52 Å². The number of benzene rings is 1. The lowest BCUT2D eigenvalue weighted by Crippen LogP contribution is -2.04. The molecule has 0 amide bonds. The Balaban J connectivity index is 2.73. The van der Waals surface area contributed by atoms with Crippen molar-refractivity contribution in [1.82, 2.24) is 9.97 Å². The van der Waals surface area contributed by atoms with Crippen LogP contribution in [0.25, 0.3) is 22.0 Å². The number of nitrogens with one attached hydrogen (secondary N) is 1. The minimum atomic E-state index is -0.240. The Morgan fingerprint density at radius 2 is 2.14 bits per heavy atom. The molecule has 0 fully saturated rings. The summed E-state index contributed by atoms with van der Waals surface area (Å²) in [6.45, 7) is 0. The number of aromatic amines is 1. The smallest absolute Gasteiger partial charge is 0.293 e. The third-order valence-corrected chi connectivity index (χ3v) is 2.20. The second-order valence-corrected chi connectivity index (χ2v) is 3.03. The Kier molecular flexibility index (Phi) is 1.28. The highest BCUT2D eigenvalue weighted by Crippen LogP contribution is 2.18. The summed E-state index contributed by atoms with van der Waals surface area (Å²) in [4.78, 5) is 18.2. The van der Waals surface area contributed by atoms with Gasteiger partial charge in [0.1, 0.15) is 5.52 Å². The number of fused-ring (bicyclic) bond motifs is 3. The third kappa shape index (κ3) is 0.821. The molecule has 0 aliphatic rings. The molecule has 0 aliphatic carbocycles. The lowest BCUT2D eigenvalue weighted by molar-refractivity contribution is 0.598. The third-order valence-electron chi connectivity index (χ3n) is 2.20. The van der Waals surface area contributed by atoms with Gasteiger partial charge in [-0.2, -0.15) is 0 Å². The predicted octanol–water partition coefficient (Wildman–Crippen LogP) is 1.67. The number of pyridine rings is 1. The van der Waals surface area contributed by atoms with Crippen LogP contribution in [0.5, 0.6) is 0 Å². The zero-order chi connectivity index (χ0) is 9.54. The van der Waals surface area contributed by atoms with E-state index in [2.05, 4.69) is 9.97 Å². The lowest BCUT2D eigenvalue weighted by Gasteiger charge is -1.95. The number of nitrogens with zero attached hydrogens (tertiary/aromatic N) is 1. The van der Waals surface area contributed by atoms with Crippen LogP contribution in [0.2, 0.25) is 0 Å². The van der Waals surface area contributed by atoms with Crippen LogP contribution in [-0.2, 0) is 0 Å². The summed E-state index contributed by atoms with van der Waals surface area (Å²) in [5.74, 6) is 0. The van der Waals surface area contributed by atoms with Gasteiger partial charge in [-0.1, -0.05) is 18.2 Å². The first-order chi connectivity index (χ1) is 6.86. The monoisotopic (exact) mass is 186 g/mol. The van der Waals surface area contributed by atoms with Crippen LogP contribution in [0.15, 0.2) is 39.9 Å². The molecular formula is C10H6N2O2. The molecule has 0 radical (unpaired) electrons. The van der Waals surface area contributed by atoms with Gasteiger partial charge in [-0.05, 0) is 6.07 Å². The number of H-pyrrole nitrogens is 1. The molecule has 1 N–H and O–H groups in total. The van der Waals surface area contributed by atoms with Gasteiger partial charge in [0.25, 0.3) is 5.56 Å². The topological polar surface area (TPSA) is 58.9 Å². The zero-order valence-corrected chi connectivity index (χ0v) is 7.15. The number of hydrogen-bond acceptors (Lipinski definition) is 3. The number of oxazole rings is 1. The summed E-state index contributed by atoms with van der Waals surface area (Å²) >= 11 is 0. The normalized spacial score (nSPS) is 11.1. The highest BCUT2D eigenvalue weighted by molar-refractivity contribution is 6.00. The van der Waals surface area contributed by atoms with E-state index in [9.17, 15) is 4.79 Å². The first kappa shape index (κ1) is 7.32. The Labute approximate surface area is 78.2 Å². The van der Waals surface area contributed by atoms with Gasteiger partial charge in [0.15, 0.2) is 6.39 Å². The van der Waals surface area contributed by atoms with Crippen molar-refractivity contribution in [1.29, 1.82) is 0 Å². The van der Waals surface area contributed by atoms with Gasteiger partial charge in [0, 0.05) is 5.39 Å². The molecule has 3 rings (SSSR count). The van der Waals surface area contributed by atoms with E-state index >= 15 is 0 Å². The van der Waals surface area contributed by atoms with Crippen LogP contribution >= 0.6 is 0 Å². The van der Waals surface area contributed by atoms with Crippen molar-refractivity contribution in [2.45, 2.75) is 0 Å². The molecule has 0 bridgehead atoms. The average Bonchev–Trinajstić information content (AvgIpc) is 2.67. The summed E-state index contributed by atoms with van der Waals surface area (Å²) in [7, 11) is 0. The van der Waals surface area contributed by atoms with E-state index in [0.29, 0.717) is 5.52 Å². The molecule has 14 heavy (non-hydrogen) atoms. The highest BCUT2D eigenvalue weighted by Gasteiger charge is 2.07. The molecule has 4 nitrogen and oxygen atoms in total. The molecular weight excluding hydrogens is 180 g/mol. The maximum atomic E-state index is 11.5. The highest BCUT2D eigenvalue weighted by atomic mass is 16.3. The molecule has 2 heterocycles. The maximum absolute atomic E-state index is 11.5. The van der Waals surface area contributed by atoms with Gasteiger partial charge in [-0.15, -0.1) is 0 Å². The van der Waals surface area contributed by atoms with Gasteiger partial charge in [0.2, 0.25) is 5.58 Å². The van der Waals surface area contributed by atoms with Crippen molar-refractivity contribution in [2.24, 2.45) is 0 Å². The lowest BCUT2D eigenvalue weighted by atomic mass is 10.2. The molecule has 0 saturated carbocycles. The zero-order valence-electron chi connectivity index (χ0n) is 7.15. The van der Waals surface area contributed by atoms with Gasteiger partial charge in [-0.25, -0.2) is 4.98 Å². The van der Waals surface area contributed by atoms with E-state index < -0.39 is 0 Å². The van der Waals surface area contributed by atoms with E-state index in [-0.39, 0.29) is 11.1 Å². The summed E-state index contributed by atoms with van der Waals surface area (Å²) < 4.78 is 5.00. The average molecular weight is 186 g/mol. The van der Waals surface area contributed by atoms with Crippen molar-refractivity contribution < 1.29 is 4.42 Å². The van der Waals surface area contributed by atoms with Crippen LogP contribution in [-0.4, -0.2) is 9.97 Å². The van der Waals surface area contributed by atoms with E-state index in [1.807, 2.05) is 24.3 Å². The standard InChI is InChI=1S/C10H6N2O2/c13-10-9-8(11-5-14-9)6-3-1-2-4-7(6)12-10/h1-5H,(H,12,13). The van der Waals surface area contributed by atoms with Crippen LogP contribution in [0.4, 0.5) is 0 Å². The SMILES string of the molecule is O=c1[nH]c2ccccc2c2ncoc12. The van der Waals surface area contributed by atoms with Crippen molar-refractivity contribution in [3.05, 3.63) is 41.0 Å². The number of aromatic nitrogens is 2. The van der Waals surface area contributed by atoms with Crippen LogP contribution in [0, 0.1) is 0 Å². The quantitative estimate of drug-likeness (QED) is 0.581. The first-order valence-electron chi connectivity index (χ1n) is 4.20. The molecule has 4 heteroatoms. The summed E-state index contributed by atoms with van der Waals surface area (Å²) in [6.07, 6.45) is 1.28. The fraction of sp³-hybridized carbons (Fsp3) is 0. The van der Waals surface area contributed by atoms with Crippen molar-refractivity contribution in [3.63, 3.8) is 0 Å². The van der Waals surface area contributed by atoms with Crippen molar-refractivity contribution in [2.75, 3.05) is 0 Å². The minimum absolute atomic E-state index is 0.240. The Hall–Kier alpha value is -2.10. The van der Waals surface area contributed by atoms with Crippen LogP contribution < -0.4 is 5.56 Å². The fourth-order valence-electron chi connectivity index (χ4n) is 1.58. The van der Waals surface area contributed by atoms with Gasteiger partial charge >= 0.3 is 0 Å². The Morgan fingerprint density at radius 3 is 3.07 bits per heavy atom. The van der Waals surface area contributed by atoms with E-state index in [1.165, 1.54) is 6.39 Å². The molecule has 68 valence electrons. The van der Waals surface area contributed by atoms with Crippen molar-refractivity contribution >= 4 is 22.0 Å². The van der Waals surface area contributed by atoms with E-state index in [4.69, 9.17) is 4.42 Å². The molecule has 0 unspecified atom stereocenters. The van der Waals surface area contributed by atoms with Crippen LogP contribution in [0.1, 0.15) is 0 Å². The first-order valence-corrected chi connectivity index (χ1v) is 4.20. The molecule has 0 atom stereocenters. The molecule has 0 spiro atoms. The molecule has 3 aromatic rings. The maximum Gasteiger partial charge on any atom is 0.293 e. The summed E-state index contributed by atoms with van der Waals surface area (Å²) in [5, 5.41) is 0.899. The van der Waals surface area contributed by atoms with Gasteiger partial charge in [-0.3, -0.25) is 4.79 Å². The second-order valence-electron chi connectivity index (χ2n) is 3.03. The predicted molar refractivity (Wildman–Crippen MR) is 52.1 cm³/mol. The largest absolute Gasteiger partial charge is 0.438 e. The fourth-order valence-corrected chi connectivity index (χ4v) is 1.58.